The monoisotopic (exact) mass is 261 g/mol. The molecule has 0 N–H and O–H groups in total. The van der Waals surface area contributed by atoms with E-state index in [2.05, 4.69) is 0 Å². The van der Waals surface area contributed by atoms with Crippen LogP contribution in [0.3, 0.4) is 0 Å². The summed E-state index contributed by atoms with van der Waals surface area (Å²) in [5, 5.41) is 1.06. The highest BCUT2D eigenvalue weighted by Crippen LogP contribution is 2.26. The van der Waals surface area contributed by atoms with Gasteiger partial charge < -0.3 is 14.0 Å². The molecule has 0 bridgehead atoms. The van der Waals surface area contributed by atoms with Crippen molar-refractivity contribution in [3.63, 3.8) is 0 Å². The molecular formula is C15H19NO3. The van der Waals surface area contributed by atoms with Gasteiger partial charge in [0.2, 0.25) is 0 Å². The first-order valence-corrected chi connectivity index (χ1v) is 6.52. The minimum atomic E-state index is -0.272. The third-order valence-corrected chi connectivity index (χ3v) is 3.21. The minimum Gasteiger partial charge on any atom is -0.497 e. The van der Waals surface area contributed by atoms with Crippen molar-refractivity contribution in [2.24, 2.45) is 0 Å². The molecule has 4 nitrogen and oxygen atoms in total. The predicted molar refractivity (Wildman–Crippen MR) is 74.5 cm³/mol. The fourth-order valence-electron chi connectivity index (χ4n) is 2.26. The number of benzene rings is 1. The van der Waals surface area contributed by atoms with Crippen LogP contribution in [0.15, 0.2) is 30.5 Å². The van der Waals surface area contributed by atoms with Gasteiger partial charge in [0.25, 0.3) is 0 Å². The number of rotatable bonds is 5. The van der Waals surface area contributed by atoms with E-state index in [0.29, 0.717) is 13.0 Å². The van der Waals surface area contributed by atoms with E-state index in [1.165, 1.54) is 0 Å². The standard InChI is InChI=1S/C15H19NO3/c1-4-13(15(17)19-5-2)16-9-8-11-10-12(18-3)6-7-14(11)16/h6-10,13H,4-5H2,1-3H3. The topological polar surface area (TPSA) is 40.5 Å². The van der Waals surface area contributed by atoms with E-state index in [-0.39, 0.29) is 12.0 Å². The van der Waals surface area contributed by atoms with Gasteiger partial charge in [-0.25, -0.2) is 4.79 Å². The van der Waals surface area contributed by atoms with Gasteiger partial charge >= 0.3 is 5.97 Å². The summed E-state index contributed by atoms with van der Waals surface area (Å²) in [7, 11) is 1.64. The van der Waals surface area contributed by atoms with Crippen molar-refractivity contribution >= 4 is 16.9 Å². The number of ether oxygens (including phenoxy) is 2. The Bertz CT molecular complexity index is 574. The Morgan fingerprint density at radius 1 is 1.32 bits per heavy atom. The smallest absolute Gasteiger partial charge is 0.329 e. The number of methoxy groups -OCH3 is 1. The molecule has 0 amide bonds. The van der Waals surface area contributed by atoms with Gasteiger partial charge in [-0.15, -0.1) is 0 Å². The molecule has 2 rings (SSSR count). The summed E-state index contributed by atoms with van der Waals surface area (Å²) in [4.78, 5) is 12.0. The maximum Gasteiger partial charge on any atom is 0.329 e. The first-order chi connectivity index (χ1) is 9.21. The Balaban J connectivity index is 2.41. The van der Waals surface area contributed by atoms with E-state index in [0.717, 1.165) is 16.7 Å². The van der Waals surface area contributed by atoms with Crippen LogP contribution in [-0.4, -0.2) is 24.3 Å². The van der Waals surface area contributed by atoms with Crippen molar-refractivity contribution in [2.45, 2.75) is 26.3 Å². The third-order valence-electron chi connectivity index (χ3n) is 3.21. The van der Waals surface area contributed by atoms with Gasteiger partial charge in [-0.3, -0.25) is 0 Å². The maximum atomic E-state index is 12.0. The first-order valence-electron chi connectivity index (χ1n) is 6.52. The van der Waals surface area contributed by atoms with E-state index < -0.39 is 0 Å². The van der Waals surface area contributed by atoms with Crippen molar-refractivity contribution in [1.82, 2.24) is 4.57 Å². The number of fused-ring (bicyclic) bond motifs is 1. The lowest BCUT2D eigenvalue weighted by Crippen LogP contribution is -2.20. The number of carbonyl (C=O) groups excluding carboxylic acids is 1. The zero-order valence-corrected chi connectivity index (χ0v) is 11.6. The summed E-state index contributed by atoms with van der Waals surface area (Å²) < 4.78 is 12.3. The summed E-state index contributed by atoms with van der Waals surface area (Å²) in [6.45, 7) is 4.21. The molecule has 0 aliphatic carbocycles. The zero-order chi connectivity index (χ0) is 13.8. The van der Waals surface area contributed by atoms with Gasteiger partial charge in [0.15, 0.2) is 0 Å². The molecule has 0 radical (unpaired) electrons. The van der Waals surface area contributed by atoms with E-state index in [1.807, 2.05) is 48.9 Å². The molecule has 1 heterocycles. The van der Waals surface area contributed by atoms with Crippen molar-refractivity contribution in [1.29, 1.82) is 0 Å². The first kappa shape index (κ1) is 13.5. The molecular weight excluding hydrogens is 242 g/mol. The fourth-order valence-corrected chi connectivity index (χ4v) is 2.26. The second-order valence-corrected chi connectivity index (χ2v) is 4.32. The van der Waals surface area contributed by atoms with Crippen LogP contribution in [0.5, 0.6) is 5.75 Å². The average Bonchev–Trinajstić information content (AvgIpc) is 2.83. The van der Waals surface area contributed by atoms with Crippen LogP contribution in [0.25, 0.3) is 10.9 Å². The molecule has 4 heteroatoms. The van der Waals surface area contributed by atoms with Crippen LogP contribution < -0.4 is 4.74 Å². The normalized spacial score (nSPS) is 12.4. The molecule has 2 aromatic rings. The number of aromatic nitrogens is 1. The third kappa shape index (κ3) is 2.57. The fraction of sp³-hybridized carbons (Fsp3) is 0.400. The Kier molecular flexibility index (Phi) is 4.10. The molecule has 1 aromatic carbocycles. The molecule has 0 spiro atoms. The van der Waals surface area contributed by atoms with E-state index >= 15 is 0 Å². The van der Waals surface area contributed by atoms with E-state index in [4.69, 9.17) is 9.47 Å². The van der Waals surface area contributed by atoms with Gasteiger partial charge in [0.1, 0.15) is 11.8 Å². The van der Waals surface area contributed by atoms with Gasteiger partial charge in [-0.05, 0) is 37.6 Å². The molecule has 19 heavy (non-hydrogen) atoms. The maximum absolute atomic E-state index is 12.0. The van der Waals surface area contributed by atoms with Crippen LogP contribution in [0.2, 0.25) is 0 Å². The highest BCUT2D eigenvalue weighted by Gasteiger charge is 2.20. The van der Waals surface area contributed by atoms with Crippen LogP contribution in [-0.2, 0) is 9.53 Å². The molecule has 0 saturated carbocycles. The Labute approximate surface area is 112 Å². The number of hydrogen-bond donors (Lipinski definition) is 0. The highest BCUT2D eigenvalue weighted by atomic mass is 16.5. The van der Waals surface area contributed by atoms with Crippen molar-refractivity contribution in [2.75, 3.05) is 13.7 Å². The van der Waals surface area contributed by atoms with Crippen LogP contribution >= 0.6 is 0 Å². The van der Waals surface area contributed by atoms with Gasteiger partial charge in [-0.2, -0.15) is 0 Å². The van der Waals surface area contributed by atoms with E-state index in [1.54, 1.807) is 7.11 Å². The lowest BCUT2D eigenvalue weighted by atomic mass is 10.2. The summed E-state index contributed by atoms with van der Waals surface area (Å²) >= 11 is 0. The number of esters is 1. The molecule has 0 fully saturated rings. The Morgan fingerprint density at radius 2 is 2.11 bits per heavy atom. The lowest BCUT2D eigenvalue weighted by molar-refractivity contribution is -0.147. The quantitative estimate of drug-likeness (QED) is 0.776. The van der Waals surface area contributed by atoms with Crippen molar-refractivity contribution < 1.29 is 14.3 Å². The van der Waals surface area contributed by atoms with Gasteiger partial charge in [0.05, 0.1) is 13.7 Å². The molecule has 1 unspecified atom stereocenters. The molecule has 0 aliphatic heterocycles. The zero-order valence-electron chi connectivity index (χ0n) is 11.6. The molecule has 1 aromatic heterocycles. The van der Waals surface area contributed by atoms with Crippen LogP contribution in [0.4, 0.5) is 0 Å². The lowest BCUT2D eigenvalue weighted by Gasteiger charge is -2.16. The Morgan fingerprint density at radius 3 is 2.74 bits per heavy atom. The average molecular weight is 261 g/mol. The highest BCUT2D eigenvalue weighted by molar-refractivity contribution is 5.84. The van der Waals surface area contributed by atoms with Crippen LogP contribution in [0, 0.1) is 0 Å². The Hall–Kier alpha value is -1.97. The summed E-state index contributed by atoms with van der Waals surface area (Å²) in [6, 6.07) is 7.54. The molecule has 1 atom stereocenters. The predicted octanol–water partition coefficient (Wildman–Crippen LogP) is 3.16. The van der Waals surface area contributed by atoms with Gasteiger partial charge in [-0.1, -0.05) is 6.92 Å². The summed E-state index contributed by atoms with van der Waals surface area (Å²) in [5.41, 5.74) is 1.01. The molecule has 0 saturated heterocycles. The van der Waals surface area contributed by atoms with Crippen molar-refractivity contribution in [3.8, 4) is 5.75 Å². The number of carbonyl (C=O) groups is 1. The number of hydrogen-bond acceptors (Lipinski definition) is 3. The van der Waals surface area contributed by atoms with Gasteiger partial charge in [0, 0.05) is 17.1 Å². The SMILES string of the molecule is CCOC(=O)C(CC)n1ccc2cc(OC)ccc21. The largest absolute Gasteiger partial charge is 0.497 e. The van der Waals surface area contributed by atoms with Crippen molar-refractivity contribution in [3.05, 3.63) is 30.5 Å². The second-order valence-electron chi connectivity index (χ2n) is 4.32. The van der Waals surface area contributed by atoms with Crippen LogP contribution in [0.1, 0.15) is 26.3 Å². The molecule has 0 aliphatic rings. The molecule has 102 valence electrons. The minimum absolute atomic E-state index is 0.182. The van der Waals surface area contributed by atoms with E-state index in [9.17, 15) is 4.79 Å². The second kappa shape index (κ2) is 5.78. The summed E-state index contributed by atoms with van der Waals surface area (Å²) in [5.74, 6) is 0.632. The number of nitrogens with zero attached hydrogens (tertiary/aromatic N) is 1. The summed E-state index contributed by atoms with van der Waals surface area (Å²) in [6.07, 6.45) is 2.63.